The van der Waals surface area contributed by atoms with Gasteiger partial charge in [0, 0.05) is 7.05 Å². The molecule has 0 unspecified atom stereocenters. The molecule has 7 heteroatoms. The van der Waals surface area contributed by atoms with E-state index in [1.807, 2.05) is 0 Å². The molecular formula is C9H15N3O3S. The van der Waals surface area contributed by atoms with E-state index in [1.165, 1.54) is 11.4 Å². The average molecular weight is 245 g/mol. The first-order valence-corrected chi connectivity index (χ1v) is 6.71. The lowest BCUT2D eigenvalue weighted by Gasteiger charge is -2.36. The monoisotopic (exact) mass is 245 g/mol. The molecule has 2 fully saturated rings. The number of nitrogens with zero attached hydrogens (tertiary/aromatic N) is 2. The van der Waals surface area contributed by atoms with E-state index in [0.717, 1.165) is 19.3 Å². The molecule has 0 aromatic carbocycles. The Labute approximate surface area is 94.5 Å². The fraction of sp³-hybridized carbons (Fsp3) is 0.778. The van der Waals surface area contributed by atoms with Gasteiger partial charge in [-0.2, -0.15) is 4.31 Å². The van der Waals surface area contributed by atoms with Gasteiger partial charge in [0.05, 0.1) is 11.3 Å². The molecule has 1 spiro atoms. The van der Waals surface area contributed by atoms with Crippen molar-refractivity contribution < 1.29 is 13.6 Å². The second-order valence-electron chi connectivity index (χ2n) is 4.34. The summed E-state index contributed by atoms with van der Waals surface area (Å²) < 4.78 is 25.0. The van der Waals surface area contributed by atoms with Gasteiger partial charge >= 0.3 is 0 Å². The highest BCUT2D eigenvalue weighted by Gasteiger charge is 2.56. The minimum Gasteiger partial charge on any atom is -0.410 e. The van der Waals surface area contributed by atoms with Crippen molar-refractivity contribution in [1.29, 1.82) is 5.41 Å². The predicted octanol–water partition coefficient (Wildman–Crippen LogP) is 0.772. The lowest BCUT2D eigenvalue weighted by molar-refractivity contribution is 0.235. The summed E-state index contributed by atoms with van der Waals surface area (Å²) in [4.78, 5) is 0. The summed E-state index contributed by atoms with van der Waals surface area (Å²) in [5.74, 6) is 0. The first-order chi connectivity index (χ1) is 7.47. The number of hydrogen-bond acceptors (Lipinski definition) is 5. The van der Waals surface area contributed by atoms with Gasteiger partial charge in [0.1, 0.15) is 0 Å². The van der Waals surface area contributed by atoms with E-state index in [1.54, 1.807) is 0 Å². The molecule has 0 aromatic rings. The normalized spacial score (nSPS) is 31.3. The molecule has 2 aliphatic rings. The van der Waals surface area contributed by atoms with Gasteiger partial charge in [-0.3, -0.25) is 0 Å². The highest BCUT2D eigenvalue weighted by atomic mass is 32.2. The smallest absolute Gasteiger partial charge is 0.266 e. The summed E-state index contributed by atoms with van der Waals surface area (Å²) in [6.45, 7) is 0. The van der Waals surface area contributed by atoms with Crippen molar-refractivity contribution in [3.05, 3.63) is 0 Å². The first-order valence-electron chi connectivity index (χ1n) is 5.27. The van der Waals surface area contributed by atoms with Gasteiger partial charge in [-0.25, -0.2) is 8.42 Å². The van der Waals surface area contributed by atoms with Crippen molar-refractivity contribution in [3.63, 3.8) is 0 Å². The number of sulfonamides is 1. The molecule has 2 rings (SSSR count). The molecule has 1 saturated carbocycles. The molecule has 2 N–H and O–H groups in total. The molecule has 0 atom stereocenters. The number of rotatable bonds is 0. The Morgan fingerprint density at radius 3 is 2.38 bits per heavy atom. The van der Waals surface area contributed by atoms with Crippen molar-refractivity contribution in [1.82, 2.24) is 4.31 Å². The Morgan fingerprint density at radius 2 is 1.94 bits per heavy atom. The third kappa shape index (κ3) is 1.24. The summed E-state index contributed by atoms with van der Waals surface area (Å²) in [6, 6.07) is 0. The molecular weight excluding hydrogens is 230 g/mol. The third-order valence-electron chi connectivity index (χ3n) is 3.66. The van der Waals surface area contributed by atoms with Crippen LogP contribution in [0.1, 0.15) is 32.1 Å². The van der Waals surface area contributed by atoms with Crippen LogP contribution in [0.3, 0.4) is 0 Å². The van der Waals surface area contributed by atoms with Crippen LogP contribution in [0, 0.1) is 5.41 Å². The first kappa shape index (κ1) is 11.5. The highest BCUT2D eigenvalue weighted by Crippen LogP contribution is 2.40. The van der Waals surface area contributed by atoms with Gasteiger partial charge in [-0.05, 0) is 12.8 Å². The molecule has 1 saturated heterocycles. The fourth-order valence-corrected chi connectivity index (χ4v) is 4.19. The highest BCUT2D eigenvalue weighted by molar-refractivity contribution is 8.07. The quantitative estimate of drug-likeness (QED) is 0.487. The Hall–Kier alpha value is -0.950. The number of nitrogens with one attached hydrogen (secondary N) is 1. The van der Waals surface area contributed by atoms with E-state index >= 15 is 0 Å². The zero-order valence-electron chi connectivity index (χ0n) is 9.10. The lowest BCUT2D eigenvalue weighted by Crippen LogP contribution is -2.48. The van der Waals surface area contributed by atoms with E-state index < -0.39 is 20.6 Å². The Bertz CT molecular complexity index is 449. The molecule has 16 heavy (non-hydrogen) atoms. The molecule has 6 nitrogen and oxygen atoms in total. The fourth-order valence-electron chi connectivity index (χ4n) is 2.65. The summed E-state index contributed by atoms with van der Waals surface area (Å²) in [5, 5.41) is 19.0. The Balaban J connectivity index is 2.54. The van der Waals surface area contributed by atoms with E-state index in [4.69, 9.17) is 10.6 Å². The van der Waals surface area contributed by atoms with E-state index in [9.17, 15) is 8.42 Å². The molecule has 1 heterocycles. The van der Waals surface area contributed by atoms with Crippen LogP contribution in [-0.4, -0.2) is 41.3 Å². The largest absolute Gasteiger partial charge is 0.410 e. The van der Waals surface area contributed by atoms with Gasteiger partial charge < -0.3 is 10.6 Å². The molecule has 1 aliphatic carbocycles. The van der Waals surface area contributed by atoms with E-state index in [2.05, 4.69) is 5.16 Å². The maximum absolute atomic E-state index is 11.9. The summed E-state index contributed by atoms with van der Waals surface area (Å²) >= 11 is 0. The summed E-state index contributed by atoms with van der Waals surface area (Å²) in [5.41, 5.74) is -0.823. The van der Waals surface area contributed by atoms with Crippen molar-refractivity contribution in [2.75, 3.05) is 7.05 Å². The third-order valence-corrected chi connectivity index (χ3v) is 5.50. The van der Waals surface area contributed by atoms with Crippen molar-refractivity contribution in [2.24, 2.45) is 5.16 Å². The van der Waals surface area contributed by atoms with E-state index in [-0.39, 0.29) is 5.71 Å². The van der Waals surface area contributed by atoms with Crippen LogP contribution in [0.5, 0.6) is 0 Å². The average Bonchev–Trinajstić information content (AvgIpc) is 2.40. The Kier molecular flexibility index (Phi) is 2.54. The summed E-state index contributed by atoms with van der Waals surface area (Å²) in [7, 11) is -2.30. The van der Waals surface area contributed by atoms with Crippen LogP contribution in [-0.2, 0) is 10.0 Å². The molecule has 0 aromatic heterocycles. The van der Waals surface area contributed by atoms with Gasteiger partial charge in [-0.15, -0.1) is 0 Å². The molecule has 0 amide bonds. The molecule has 90 valence electrons. The molecule has 0 bridgehead atoms. The predicted molar refractivity (Wildman–Crippen MR) is 59.4 cm³/mol. The maximum Gasteiger partial charge on any atom is 0.266 e. The van der Waals surface area contributed by atoms with Crippen molar-refractivity contribution in [2.45, 2.75) is 37.6 Å². The van der Waals surface area contributed by atoms with Crippen LogP contribution < -0.4 is 0 Å². The second kappa shape index (κ2) is 3.53. The topological polar surface area (TPSA) is 93.8 Å². The number of hydrogen-bond donors (Lipinski definition) is 2. The Morgan fingerprint density at radius 1 is 1.38 bits per heavy atom. The molecule has 0 radical (unpaired) electrons. The summed E-state index contributed by atoms with van der Waals surface area (Å²) in [6.07, 6.45) is 4.15. The van der Waals surface area contributed by atoms with Crippen LogP contribution in [0.4, 0.5) is 0 Å². The zero-order valence-corrected chi connectivity index (χ0v) is 9.92. The zero-order chi connectivity index (χ0) is 12.0. The van der Waals surface area contributed by atoms with Crippen molar-refractivity contribution >= 4 is 20.8 Å². The SMILES string of the molecule is CN1C2(CCCCC2)C(=N)/C(=N/O)S1(=O)=O. The standard InChI is InChI=1S/C9H15N3O3S/c1-12-9(5-3-2-4-6-9)7(10)8(11-13)16(12,14)15/h10,13H,2-6H2,1H3/b10-7?,11-8-. The minimum absolute atomic E-state index is 0.0581. The van der Waals surface area contributed by atoms with Gasteiger partial charge in [0.15, 0.2) is 0 Å². The van der Waals surface area contributed by atoms with Gasteiger partial charge in [0.2, 0.25) is 5.04 Å². The van der Waals surface area contributed by atoms with Crippen LogP contribution in [0.25, 0.3) is 0 Å². The minimum atomic E-state index is -3.76. The maximum atomic E-state index is 11.9. The van der Waals surface area contributed by atoms with E-state index in [0.29, 0.717) is 12.8 Å². The second-order valence-corrected chi connectivity index (χ2v) is 6.23. The van der Waals surface area contributed by atoms with Crippen LogP contribution >= 0.6 is 0 Å². The van der Waals surface area contributed by atoms with Crippen LogP contribution in [0.15, 0.2) is 5.16 Å². The van der Waals surface area contributed by atoms with Gasteiger partial charge in [0.25, 0.3) is 10.0 Å². The van der Waals surface area contributed by atoms with Crippen LogP contribution in [0.2, 0.25) is 0 Å². The molecule has 1 aliphatic heterocycles. The lowest BCUT2D eigenvalue weighted by atomic mass is 9.78. The number of oxime groups is 1. The van der Waals surface area contributed by atoms with Gasteiger partial charge in [-0.1, -0.05) is 24.4 Å². The van der Waals surface area contributed by atoms with Crippen molar-refractivity contribution in [3.8, 4) is 0 Å².